The van der Waals surface area contributed by atoms with Crippen molar-refractivity contribution in [3.05, 3.63) is 47.7 Å². The Morgan fingerprint density at radius 1 is 1.19 bits per heavy atom. The number of halogens is 2. The minimum atomic E-state index is -0.898. The number of aromatic nitrogens is 1. The quantitative estimate of drug-likeness (QED) is 0.802. The Balaban J connectivity index is 2.73. The van der Waals surface area contributed by atoms with Gasteiger partial charge in [0.15, 0.2) is 11.6 Å². The molecule has 4 heteroatoms. The first-order valence-electron chi connectivity index (χ1n) is 4.76. The molecule has 16 heavy (non-hydrogen) atoms. The van der Waals surface area contributed by atoms with Crippen molar-refractivity contribution >= 4 is 5.82 Å². The molecule has 0 aliphatic heterocycles. The molecule has 0 atom stereocenters. The molecule has 1 aromatic heterocycles. The van der Waals surface area contributed by atoms with Crippen LogP contribution in [0.1, 0.15) is 5.56 Å². The zero-order valence-corrected chi connectivity index (χ0v) is 8.67. The monoisotopic (exact) mass is 220 g/mol. The molecule has 0 saturated carbocycles. The average molecular weight is 220 g/mol. The predicted molar refractivity (Wildman–Crippen MR) is 58.7 cm³/mol. The topological polar surface area (TPSA) is 38.9 Å². The first kappa shape index (κ1) is 10.5. The van der Waals surface area contributed by atoms with Crippen LogP contribution >= 0.6 is 0 Å². The zero-order chi connectivity index (χ0) is 11.7. The van der Waals surface area contributed by atoms with Crippen LogP contribution in [0.4, 0.5) is 14.6 Å². The van der Waals surface area contributed by atoms with Crippen LogP contribution < -0.4 is 5.73 Å². The van der Waals surface area contributed by atoms with Crippen molar-refractivity contribution in [3.63, 3.8) is 0 Å². The Bertz CT molecular complexity index is 518. The number of rotatable bonds is 1. The van der Waals surface area contributed by atoms with Gasteiger partial charge in [0, 0.05) is 17.3 Å². The van der Waals surface area contributed by atoms with Gasteiger partial charge in [-0.15, -0.1) is 0 Å². The molecule has 0 saturated heterocycles. The molecule has 0 spiro atoms. The normalized spacial score (nSPS) is 10.4. The van der Waals surface area contributed by atoms with Gasteiger partial charge in [-0.25, -0.2) is 13.8 Å². The van der Waals surface area contributed by atoms with E-state index < -0.39 is 11.6 Å². The average Bonchev–Trinajstić information content (AvgIpc) is 2.24. The van der Waals surface area contributed by atoms with Crippen LogP contribution in [0, 0.1) is 18.6 Å². The summed E-state index contributed by atoms with van der Waals surface area (Å²) in [6, 6.07) is 5.70. The van der Waals surface area contributed by atoms with Gasteiger partial charge in [0.2, 0.25) is 0 Å². The van der Waals surface area contributed by atoms with Gasteiger partial charge in [0.1, 0.15) is 5.82 Å². The van der Waals surface area contributed by atoms with Crippen molar-refractivity contribution in [2.75, 3.05) is 5.73 Å². The first-order valence-corrected chi connectivity index (χ1v) is 4.76. The van der Waals surface area contributed by atoms with E-state index in [0.717, 1.165) is 11.6 Å². The summed E-state index contributed by atoms with van der Waals surface area (Å²) in [5.41, 5.74) is 7.02. The fourth-order valence-corrected chi connectivity index (χ4v) is 1.63. The number of hydrogen-bond acceptors (Lipinski definition) is 2. The van der Waals surface area contributed by atoms with E-state index in [9.17, 15) is 8.78 Å². The van der Waals surface area contributed by atoms with Crippen molar-refractivity contribution < 1.29 is 8.78 Å². The smallest absolute Gasteiger partial charge is 0.166 e. The molecule has 82 valence electrons. The van der Waals surface area contributed by atoms with E-state index >= 15 is 0 Å². The summed E-state index contributed by atoms with van der Waals surface area (Å²) in [4.78, 5) is 3.88. The Morgan fingerprint density at radius 2 is 1.94 bits per heavy atom. The van der Waals surface area contributed by atoms with Gasteiger partial charge in [-0.3, -0.25) is 0 Å². The molecule has 0 unspecified atom stereocenters. The van der Waals surface area contributed by atoms with E-state index in [4.69, 9.17) is 5.73 Å². The van der Waals surface area contributed by atoms with E-state index in [0.29, 0.717) is 5.56 Å². The molecule has 0 bridgehead atoms. The summed E-state index contributed by atoms with van der Waals surface area (Å²) in [5, 5.41) is 0. The Labute approximate surface area is 91.7 Å². The predicted octanol–water partition coefficient (Wildman–Crippen LogP) is 2.92. The third-order valence-corrected chi connectivity index (χ3v) is 2.41. The lowest BCUT2D eigenvalue weighted by molar-refractivity contribution is 0.511. The lowest BCUT2D eigenvalue weighted by atomic mass is 10.0. The number of anilines is 1. The molecule has 0 aliphatic rings. The van der Waals surface area contributed by atoms with Gasteiger partial charge in [-0.05, 0) is 24.6 Å². The molecule has 2 N–H and O–H groups in total. The second-order valence-electron chi connectivity index (χ2n) is 3.49. The second kappa shape index (κ2) is 3.89. The fraction of sp³-hybridized carbons (Fsp3) is 0.0833. The van der Waals surface area contributed by atoms with Crippen molar-refractivity contribution in [3.8, 4) is 11.1 Å². The summed E-state index contributed by atoms with van der Waals surface area (Å²) in [6.07, 6.45) is 1.53. The Morgan fingerprint density at radius 3 is 2.62 bits per heavy atom. The molecule has 1 heterocycles. The number of benzene rings is 1. The molecule has 0 fully saturated rings. The molecular formula is C12H10F2N2. The minimum Gasteiger partial charge on any atom is -0.383 e. The van der Waals surface area contributed by atoms with Crippen LogP contribution in [-0.4, -0.2) is 4.98 Å². The van der Waals surface area contributed by atoms with Crippen LogP contribution in [0.3, 0.4) is 0 Å². The number of nitrogens with zero attached hydrogens (tertiary/aromatic N) is 1. The Hall–Kier alpha value is -1.97. The van der Waals surface area contributed by atoms with E-state index in [1.54, 1.807) is 13.0 Å². The molecule has 1 aromatic carbocycles. The maximum atomic E-state index is 13.6. The van der Waals surface area contributed by atoms with Gasteiger partial charge in [-0.2, -0.15) is 0 Å². The highest BCUT2D eigenvalue weighted by atomic mass is 19.2. The van der Waals surface area contributed by atoms with Gasteiger partial charge < -0.3 is 5.73 Å². The number of pyridine rings is 1. The SMILES string of the molecule is Cc1ccnc(N)c1-c1cccc(F)c1F. The highest BCUT2D eigenvalue weighted by Crippen LogP contribution is 2.30. The van der Waals surface area contributed by atoms with Crippen LogP contribution in [0.25, 0.3) is 11.1 Å². The van der Waals surface area contributed by atoms with Crippen LogP contribution in [0.15, 0.2) is 30.5 Å². The maximum absolute atomic E-state index is 13.6. The van der Waals surface area contributed by atoms with Gasteiger partial charge >= 0.3 is 0 Å². The van der Waals surface area contributed by atoms with E-state index in [1.807, 2.05) is 0 Å². The molecule has 2 aromatic rings. The number of nitrogens with two attached hydrogens (primary N) is 1. The van der Waals surface area contributed by atoms with Gasteiger partial charge in [0.25, 0.3) is 0 Å². The summed E-state index contributed by atoms with van der Waals surface area (Å²) < 4.78 is 26.7. The second-order valence-corrected chi connectivity index (χ2v) is 3.49. The first-order chi connectivity index (χ1) is 7.61. The van der Waals surface area contributed by atoms with E-state index in [-0.39, 0.29) is 11.4 Å². The molecule has 0 radical (unpaired) electrons. The molecule has 0 aliphatic carbocycles. The van der Waals surface area contributed by atoms with Crippen molar-refractivity contribution in [1.82, 2.24) is 4.98 Å². The standard InChI is InChI=1S/C12H10F2N2/c1-7-5-6-16-12(15)10(7)8-3-2-4-9(13)11(8)14/h2-6H,1H3,(H2,15,16). The summed E-state index contributed by atoms with van der Waals surface area (Å²) in [6.45, 7) is 1.78. The van der Waals surface area contributed by atoms with E-state index in [2.05, 4.69) is 4.98 Å². The number of aryl methyl sites for hydroxylation is 1. The van der Waals surface area contributed by atoms with Gasteiger partial charge in [-0.1, -0.05) is 12.1 Å². The van der Waals surface area contributed by atoms with Crippen molar-refractivity contribution in [2.24, 2.45) is 0 Å². The van der Waals surface area contributed by atoms with Crippen molar-refractivity contribution in [1.29, 1.82) is 0 Å². The lowest BCUT2D eigenvalue weighted by Gasteiger charge is -2.09. The molecular weight excluding hydrogens is 210 g/mol. The fourth-order valence-electron chi connectivity index (χ4n) is 1.63. The van der Waals surface area contributed by atoms with Crippen LogP contribution in [0.5, 0.6) is 0 Å². The van der Waals surface area contributed by atoms with Crippen molar-refractivity contribution in [2.45, 2.75) is 6.92 Å². The van der Waals surface area contributed by atoms with E-state index in [1.165, 1.54) is 18.3 Å². The minimum absolute atomic E-state index is 0.142. The third-order valence-electron chi connectivity index (χ3n) is 2.41. The number of nitrogen functional groups attached to an aromatic ring is 1. The summed E-state index contributed by atoms with van der Waals surface area (Å²) in [7, 11) is 0. The lowest BCUT2D eigenvalue weighted by Crippen LogP contribution is -1.98. The highest BCUT2D eigenvalue weighted by Gasteiger charge is 2.14. The molecule has 0 amide bonds. The Kier molecular flexibility index (Phi) is 2.56. The van der Waals surface area contributed by atoms with Crippen LogP contribution in [-0.2, 0) is 0 Å². The summed E-state index contributed by atoms with van der Waals surface area (Å²) in [5.74, 6) is -1.59. The van der Waals surface area contributed by atoms with Gasteiger partial charge in [0.05, 0.1) is 0 Å². The maximum Gasteiger partial charge on any atom is 0.166 e. The largest absolute Gasteiger partial charge is 0.383 e. The summed E-state index contributed by atoms with van der Waals surface area (Å²) >= 11 is 0. The zero-order valence-electron chi connectivity index (χ0n) is 8.67. The molecule has 2 rings (SSSR count). The third kappa shape index (κ3) is 1.62. The van der Waals surface area contributed by atoms with Crippen LogP contribution in [0.2, 0.25) is 0 Å². The molecule has 2 nitrogen and oxygen atoms in total. The highest BCUT2D eigenvalue weighted by molar-refractivity contribution is 5.77. The number of hydrogen-bond donors (Lipinski definition) is 1.